The molecule has 0 aliphatic carbocycles. The van der Waals surface area contributed by atoms with Crippen LogP contribution >= 0.6 is 0 Å². The molecule has 0 unspecified atom stereocenters. The largest absolute Gasteiger partial charge is 0.468 e. The highest BCUT2D eigenvalue weighted by Crippen LogP contribution is 2.19. The lowest BCUT2D eigenvalue weighted by atomic mass is 10.0. The first kappa shape index (κ1) is 13.0. The van der Waals surface area contributed by atoms with Crippen molar-refractivity contribution in [3.63, 3.8) is 0 Å². The van der Waals surface area contributed by atoms with E-state index in [9.17, 15) is 0 Å². The van der Waals surface area contributed by atoms with E-state index in [4.69, 9.17) is 15.2 Å². The SMILES string of the molecule is CCCCc1cc(OCOC)ccc1CN. The Hall–Kier alpha value is -1.06. The Balaban J connectivity index is 2.74. The summed E-state index contributed by atoms with van der Waals surface area (Å²) in [7, 11) is 1.62. The van der Waals surface area contributed by atoms with Crippen molar-refractivity contribution in [3.8, 4) is 5.75 Å². The highest BCUT2D eigenvalue weighted by atomic mass is 16.7. The maximum Gasteiger partial charge on any atom is 0.188 e. The lowest BCUT2D eigenvalue weighted by Crippen LogP contribution is -2.04. The van der Waals surface area contributed by atoms with Crippen molar-refractivity contribution in [1.29, 1.82) is 0 Å². The van der Waals surface area contributed by atoms with Crippen molar-refractivity contribution in [2.75, 3.05) is 13.9 Å². The summed E-state index contributed by atoms with van der Waals surface area (Å²) in [5.74, 6) is 0.852. The van der Waals surface area contributed by atoms with Crippen LogP contribution in [0, 0.1) is 0 Å². The van der Waals surface area contributed by atoms with Gasteiger partial charge in [-0.3, -0.25) is 0 Å². The van der Waals surface area contributed by atoms with E-state index in [0.717, 1.165) is 12.2 Å². The maximum absolute atomic E-state index is 5.71. The standard InChI is InChI=1S/C13H21NO2/c1-3-4-5-11-8-13(16-10-15-2)7-6-12(11)9-14/h6-8H,3-5,9-10,14H2,1-2H3. The number of rotatable bonds is 7. The van der Waals surface area contributed by atoms with Gasteiger partial charge in [-0.2, -0.15) is 0 Å². The predicted octanol–water partition coefficient (Wildman–Crippen LogP) is 2.47. The summed E-state index contributed by atoms with van der Waals surface area (Å²) in [4.78, 5) is 0. The molecule has 0 atom stereocenters. The number of ether oxygens (including phenoxy) is 2. The van der Waals surface area contributed by atoms with E-state index in [0.29, 0.717) is 6.54 Å². The van der Waals surface area contributed by atoms with E-state index in [1.807, 2.05) is 12.1 Å². The molecule has 16 heavy (non-hydrogen) atoms. The van der Waals surface area contributed by atoms with Crippen LogP contribution in [-0.2, 0) is 17.7 Å². The molecule has 0 aliphatic rings. The number of unbranched alkanes of at least 4 members (excludes halogenated alkanes) is 1. The van der Waals surface area contributed by atoms with E-state index in [2.05, 4.69) is 13.0 Å². The summed E-state index contributed by atoms with van der Waals surface area (Å²) in [5, 5.41) is 0. The Morgan fingerprint density at radius 1 is 1.25 bits per heavy atom. The van der Waals surface area contributed by atoms with Crippen LogP contribution in [0.5, 0.6) is 5.75 Å². The van der Waals surface area contributed by atoms with Gasteiger partial charge in [0.2, 0.25) is 0 Å². The van der Waals surface area contributed by atoms with Gasteiger partial charge in [0.05, 0.1) is 0 Å². The molecule has 90 valence electrons. The Kier molecular flexibility index (Phi) is 5.90. The fraction of sp³-hybridized carbons (Fsp3) is 0.538. The summed E-state index contributed by atoms with van der Waals surface area (Å²) in [6.07, 6.45) is 3.43. The lowest BCUT2D eigenvalue weighted by Gasteiger charge is -2.11. The molecule has 0 spiro atoms. The zero-order valence-corrected chi connectivity index (χ0v) is 10.2. The molecule has 1 rings (SSSR count). The molecule has 0 heterocycles. The third-order valence-corrected chi connectivity index (χ3v) is 2.54. The summed E-state index contributed by atoms with van der Waals surface area (Å²) in [6.45, 7) is 3.06. The summed E-state index contributed by atoms with van der Waals surface area (Å²) < 4.78 is 10.3. The van der Waals surface area contributed by atoms with Gasteiger partial charge >= 0.3 is 0 Å². The van der Waals surface area contributed by atoms with Crippen LogP contribution in [0.4, 0.5) is 0 Å². The Morgan fingerprint density at radius 3 is 2.69 bits per heavy atom. The highest BCUT2D eigenvalue weighted by molar-refractivity contribution is 5.35. The first-order valence-corrected chi connectivity index (χ1v) is 5.75. The lowest BCUT2D eigenvalue weighted by molar-refractivity contribution is 0.0510. The number of hydrogen-bond acceptors (Lipinski definition) is 3. The monoisotopic (exact) mass is 223 g/mol. The van der Waals surface area contributed by atoms with Crippen molar-refractivity contribution >= 4 is 0 Å². The average molecular weight is 223 g/mol. The number of nitrogens with two attached hydrogens (primary N) is 1. The minimum absolute atomic E-state index is 0.287. The second kappa shape index (κ2) is 7.25. The van der Waals surface area contributed by atoms with E-state index in [1.54, 1.807) is 7.11 Å². The fourth-order valence-electron chi connectivity index (χ4n) is 1.62. The van der Waals surface area contributed by atoms with Crippen molar-refractivity contribution in [2.45, 2.75) is 32.7 Å². The third kappa shape index (κ3) is 3.83. The number of aryl methyl sites for hydroxylation is 1. The first-order chi connectivity index (χ1) is 7.81. The molecule has 0 aliphatic heterocycles. The molecule has 0 saturated carbocycles. The molecule has 0 bridgehead atoms. The molecule has 0 radical (unpaired) electrons. The van der Waals surface area contributed by atoms with Crippen LogP contribution in [0.1, 0.15) is 30.9 Å². The number of hydrogen-bond donors (Lipinski definition) is 1. The normalized spacial score (nSPS) is 10.4. The molecule has 1 aromatic carbocycles. The van der Waals surface area contributed by atoms with Crippen molar-refractivity contribution in [3.05, 3.63) is 29.3 Å². The molecule has 2 N–H and O–H groups in total. The van der Waals surface area contributed by atoms with E-state index in [1.165, 1.54) is 24.0 Å². The van der Waals surface area contributed by atoms with Crippen LogP contribution in [0.2, 0.25) is 0 Å². The van der Waals surface area contributed by atoms with Gasteiger partial charge in [0.1, 0.15) is 5.75 Å². The molecular weight excluding hydrogens is 202 g/mol. The molecule has 0 aromatic heterocycles. The van der Waals surface area contributed by atoms with Crippen molar-refractivity contribution in [1.82, 2.24) is 0 Å². The van der Waals surface area contributed by atoms with Crippen LogP contribution < -0.4 is 10.5 Å². The smallest absolute Gasteiger partial charge is 0.188 e. The molecule has 3 heteroatoms. The highest BCUT2D eigenvalue weighted by Gasteiger charge is 2.03. The third-order valence-electron chi connectivity index (χ3n) is 2.54. The molecular formula is C13H21NO2. The predicted molar refractivity (Wildman–Crippen MR) is 65.4 cm³/mol. The fourth-order valence-corrected chi connectivity index (χ4v) is 1.62. The molecule has 1 aromatic rings. The van der Waals surface area contributed by atoms with E-state index >= 15 is 0 Å². The van der Waals surface area contributed by atoms with Crippen LogP contribution in [0.3, 0.4) is 0 Å². The zero-order chi connectivity index (χ0) is 11.8. The number of benzene rings is 1. The van der Waals surface area contributed by atoms with Gasteiger partial charge in [-0.1, -0.05) is 19.4 Å². The summed E-state index contributed by atoms with van der Waals surface area (Å²) in [6, 6.07) is 6.05. The second-order valence-electron chi connectivity index (χ2n) is 3.79. The van der Waals surface area contributed by atoms with Crippen LogP contribution in [0.25, 0.3) is 0 Å². The maximum atomic E-state index is 5.71. The van der Waals surface area contributed by atoms with Gasteiger partial charge in [-0.05, 0) is 36.1 Å². The van der Waals surface area contributed by atoms with Crippen LogP contribution in [0.15, 0.2) is 18.2 Å². The van der Waals surface area contributed by atoms with Gasteiger partial charge in [0, 0.05) is 13.7 Å². The van der Waals surface area contributed by atoms with Crippen LogP contribution in [-0.4, -0.2) is 13.9 Å². The zero-order valence-electron chi connectivity index (χ0n) is 10.2. The van der Waals surface area contributed by atoms with Crippen molar-refractivity contribution in [2.24, 2.45) is 5.73 Å². The molecule has 0 fully saturated rings. The molecule has 0 saturated heterocycles. The van der Waals surface area contributed by atoms with Gasteiger partial charge in [0.25, 0.3) is 0 Å². The van der Waals surface area contributed by atoms with Gasteiger partial charge < -0.3 is 15.2 Å². The summed E-state index contributed by atoms with van der Waals surface area (Å²) in [5.41, 5.74) is 8.20. The molecule has 3 nitrogen and oxygen atoms in total. The minimum Gasteiger partial charge on any atom is -0.468 e. The Morgan fingerprint density at radius 2 is 2.06 bits per heavy atom. The van der Waals surface area contributed by atoms with E-state index < -0.39 is 0 Å². The number of methoxy groups -OCH3 is 1. The van der Waals surface area contributed by atoms with E-state index in [-0.39, 0.29) is 6.79 Å². The minimum atomic E-state index is 0.287. The first-order valence-electron chi connectivity index (χ1n) is 5.75. The Bertz CT molecular complexity index is 313. The summed E-state index contributed by atoms with van der Waals surface area (Å²) >= 11 is 0. The van der Waals surface area contributed by atoms with Gasteiger partial charge in [-0.15, -0.1) is 0 Å². The topological polar surface area (TPSA) is 44.5 Å². The second-order valence-corrected chi connectivity index (χ2v) is 3.79. The Labute approximate surface area is 97.6 Å². The van der Waals surface area contributed by atoms with Gasteiger partial charge in [0.15, 0.2) is 6.79 Å². The average Bonchev–Trinajstić information content (AvgIpc) is 2.33. The molecule has 0 amide bonds. The van der Waals surface area contributed by atoms with Crippen molar-refractivity contribution < 1.29 is 9.47 Å². The van der Waals surface area contributed by atoms with Gasteiger partial charge in [-0.25, -0.2) is 0 Å². The quantitative estimate of drug-likeness (QED) is 0.722.